The first-order valence-corrected chi connectivity index (χ1v) is 6.13. The van der Waals surface area contributed by atoms with Crippen LogP contribution in [0.3, 0.4) is 0 Å². The van der Waals surface area contributed by atoms with Gasteiger partial charge in [0.2, 0.25) is 0 Å². The summed E-state index contributed by atoms with van der Waals surface area (Å²) in [6.45, 7) is 1.89. The van der Waals surface area contributed by atoms with Crippen LogP contribution in [-0.2, 0) is 14.3 Å². The second kappa shape index (κ2) is 7.85. The molecule has 0 saturated heterocycles. The molecule has 20 heavy (non-hydrogen) atoms. The number of hydrogen-bond donors (Lipinski definition) is 0. The van der Waals surface area contributed by atoms with Crippen LogP contribution < -0.4 is 4.74 Å². The molecule has 0 N–H and O–H groups in total. The molecule has 0 heterocycles. The zero-order valence-corrected chi connectivity index (χ0v) is 11.8. The molecule has 1 aromatic carbocycles. The van der Waals surface area contributed by atoms with Crippen LogP contribution in [0.15, 0.2) is 24.3 Å². The van der Waals surface area contributed by atoms with Crippen LogP contribution in [0.5, 0.6) is 5.75 Å². The SMILES string of the molecule is CCOC(=O)CN(C)C(=O)C#Cc1cccc(OC)c1. The van der Waals surface area contributed by atoms with Gasteiger partial charge in [-0.1, -0.05) is 12.0 Å². The van der Waals surface area contributed by atoms with Gasteiger partial charge in [-0.2, -0.15) is 0 Å². The van der Waals surface area contributed by atoms with E-state index in [0.29, 0.717) is 11.3 Å². The largest absolute Gasteiger partial charge is 0.497 e. The van der Waals surface area contributed by atoms with Crippen molar-refractivity contribution in [3.63, 3.8) is 0 Å². The third-order valence-electron chi connectivity index (χ3n) is 2.40. The second-order valence-electron chi connectivity index (χ2n) is 3.95. The number of rotatable bonds is 4. The van der Waals surface area contributed by atoms with E-state index in [0.717, 1.165) is 0 Å². The highest BCUT2D eigenvalue weighted by molar-refractivity contribution is 5.95. The molecule has 1 aromatic rings. The van der Waals surface area contributed by atoms with Crippen molar-refractivity contribution in [2.75, 3.05) is 27.3 Å². The van der Waals surface area contributed by atoms with Crippen molar-refractivity contribution in [3.05, 3.63) is 29.8 Å². The molecule has 0 atom stereocenters. The fraction of sp³-hybridized carbons (Fsp3) is 0.333. The third-order valence-corrected chi connectivity index (χ3v) is 2.40. The van der Waals surface area contributed by atoms with Gasteiger partial charge in [-0.3, -0.25) is 9.59 Å². The highest BCUT2D eigenvalue weighted by Crippen LogP contribution is 2.11. The molecule has 0 radical (unpaired) electrons. The quantitative estimate of drug-likeness (QED) is 0.609. The lowest BCUT2D eigenvalue weighted by atomic mass is 10.2. The van der Waals surface area contributed by atoms with Crippen molar-refractivity contribution in [3.8, 4) is 17.6 Å². The molecule has 0 aliphatic heterocycles. The number of hydrogen-bond acceptors (Lipinski definition) is 4. The van der Waals surface area contributed by atoms with E-state index >= 15 is 0 Å². The highest BCUT2D eigenvalue weighted by atomic mass is 16.5. The Kier molecular flexibility index (Phi) is 6.11. The zero-order chi connectivity index (χ0) is 15.0. The third kappa shape index (κ3) is 5.02. The molecule has 0 aliphatic carbocycles. The Morgan fingerprint density at radius 3 is 2.75 bits per heavy atom. The average Bonchev–Trinajstić information content (AvgIpc) is 2.45. The van der Waals surface area contributed by atoms with Crippen LogP contribution in [0.4, 0.5) is 0 Å². The van der Waals surface area contributed by atoms with Gasteiger partial charge < -0.3 is 14.4 Å². The molecule has 0 aromatic heterocycles. The van der Waals surface area contributed by atoms with Gasteiger partial charge in [0.1, 0.15) is 12.3 Å². The maximum atomic E-state index is 11.7. The summed E-state index contributed by atoms with van der Waals surface area (Å²) in [5.41, 5.74) is 0.669. The second-order valence-corrected chi connectivity index (χ2v) is 3.95. The van der Waals surface area contributed by atoms with E-state index in [1.54, 1.807) is 38.3 Å². The Balaban J connectivity index is 2.65. The summed E-state index contributed by atoms with van der Waals surface area (Å²) in [6.07, 6.45) is 0. The van der Waals surface area contributed by atoms with E-state index in [9.17, 15) is 9.59 Å². The average molecular weight is 275 g/mol. The summed E-state index contributed by atoms with van der Waals surface area (Å²) in [7, 11) is 3.06. The minimum Gasteiger partial charge on any atom is -0.497 e. The normalized spacial score (nSPS) is 9.15. The van der Waals surface area contributed by atoms with E-state index in [4.69, 9.17) is 9.47 Å². The lowest BCUT2D eigenvalue weighted by Crippen LogP contribution is -2.32. The molecular formula is C15H17NO4. The molecule has 1 rings (SSSR count). The minimum absolute atomic E-state index is 0.112. The van der Waals surface area contributed by atoms with Gasteiger partial charge in [-0.25, -0.2) is 0 Å². The van der Waals surface area contributed by atoms with Gasteiger partial charge in [-0.15, -0.1) is 0 Å². The number of amides is 1. The topological polar surface area (TPSA) is 55.8 Å². The zero-order valence-electron chi connectivity index (χ0n) is 11.8. The van der Waals surface area contributed by atoms with Crippen molar-refractivity contribution in [1.82, 2.24) is 4.90 Å². The van der Waals surface area contributed by atoms with Gasteiger partial charge >= 0.3 is 5.97 Å². The number of esters is 1. The van der Waals surface area contributed by atoms with Crippen molar-refractivity contribution in [2.24, 2.45) is 0 Å². The van der Waals surface area contributed by atoms with Crippen molar-refractivity contribution >= 4 is 11.9 Å². The first kappa shape index (κ1) is 15.6. The Hall–Kier alpha value is -2.48. The van der Waals surface area contributed by atoms with Crippen molar-refractivity contribution in [2.45, 2.75) is 6.92 Å². The maximum absolute atomic E-state index is 11.7. The lowest BCUT2D eigenvalue weighted by molar-refractivity contribution is -0.146. The maximum Gasteiger partial charge on any atom is 0.325 e. The lowest BCUT2D eigenvalue weighted by Gasteiger charge is -2.12. The van der Waals surface area contributed by atoms with E-state index in [1.165, 1.54) is 11.9 Å². The van der Waals surface area contributed by atoms with Crippen molar-refractivity contribution in [1.29, 1.82) is 0 Å². The van der Waals surface area contributed by atoms with Crippen LogP contribution in [0.25, 0.3) is 0 Å². The fourth-order valence-electron chi connectivity index (χ4n) is 1.39. The monoisotopic (exact) mass is 275 g/mol. The Labute approximate surface area is 118 Å². The highest BCUT2D eigenvalue weighted by Gasteiger charge is 2.11. The van der Waals surface area contributed by atoms with Gasteiger partial charge in [-0.05, 0) is 25.1 Å². The summed E-state index contributed by atoms with van der Waals surface area (Å²) in [6, 6.07) is 7.08. The fourth-order valence-corrected chi connectivity index (χ4v) is 1.39. The number of nitrogens with zero attached hydrogens (tertiary/aromatic N) is 1. The standard InChI is InChI=1S/C15H17NO4/c1-4-20-15(18)11-16(2)14(17)9-8-12-6-5-7-13(10-12)19-3/h5-7,10H,4,11H2,1-3H3. The number of likely N-dealkylation sites (N-methyl/N-ethyl adjacent to an activating group) is 1. The Morgan fingerprint density at radius 1 is 1.35 bits per heavy atom. The predicted octanol–water partition coefficient (Wildman–Crippen LogP) is 1.07. The van der Waals surface area contributed by atoms with Gasteiger partial charge in [0, 0.05) is 18.5 Å². The number of benzene rings is 1. The van der Waals surface area contributed by atoms with Gasteiger partial charge in [0.05, 0.1) is 13.7 Å². The molecule has 5 nitrogen and oxygen atoms in total. The van der Waals surface area contributed by atoms with E-state index in [1.807, 2.05) is 0 Å². The molecule has 1 amide bonds. The van der Waals surface area contributed by atoms with E-state index in [-0.39, 0.29) is 13.2 Å². The summed E-state index contributed by atoms with van der Waals surface area (Å²) in [5.74, 6) is 4.98. The smallest absolute Gasteiger partial charge is 0.325 e. The van der Waals surface area contributed by atoms with Crippen LogP contribution >= 0.6 is 0 Å². The number of carbonyl (C=O) groups is 2. The Bertz CT molecular complexity index is 542. The molecule has 5 heteroatoms. The predicted molar refractivity (Wildman–Crippen MR) is 74.1 cm³/mol. The first-order valence-electron chi connectivity index (χ1n) is 6.13. The summed E-state index contributed by atoms with van der Waals surface area (Å²) in [4.78, 5) is 24.2. The number of carbonyl (C=O) groups excluding carboxylic acids is 2. The first-order chi connectivity index (χ1) is 9.56. The summed E-state index contributed by atoms with van der Waals surface area (Å²) >= 11 is 0. The van der Waals surface area contributed by atoms with Crippen LogP contribution in [0.2, 0.25) is 0 Å². The van der Waals surface area contributed by atoms with Gasteiger partial charge in [0.15, 0.2) is 0 Å². The van der Waals surface area contributed by atoms with Gasteiger partial charge in [0.25, 0.3) is 5.91 Å². The van der Waals surface area contributed by atoms with Crippen molar-refractivity contribution < 1.29 is 19.1 Å². The molecule has 0 bridgehead atoms. The molecule has 0 fully saturated rings. The Morgan fingerprint density at radius 2 is 2.10 bits per heavy atom. The van der Waals surface area contributed by atoms with Crippen LogP contribution in [0, 0.1) is 11.8 Å². The molecule has 0 spiro atoms. The number of ether oxygens (including phenoxy) is 2. The molecule has 0 saturated carbocycles. The summed E-state index contributed by atoms with van der Waals surface area (Å²) in [5, 5.41) is 0. The number of methoxy groups -OCH3 is 1. The minimum atomic E-state index is -0.452. The summed E-state index contributed by atoms with van der Waals surface area (Å²) < 4.78 is 9.82. The molecular weight excluding hydrogens is 258 g/mol. The molecule has 0 aliphatic rings. The molecule has 106 valence electrons. The van der Waals surface area contributed by atoms with Crippen LogP contribution in [-0.4, -0.2) is 44.1 Å². The van der Waals surface area contributed by atoms with E-state index < -0.39 is 11.9 Å². The van der Waals surface area contributed by atoms with Crippen LogP contribution in [0.1, 0.15) is 12.5 Å². The molecule has 0 unspecified atom stereocenters. The van der Waals surface area contributed by atoms with E-state index in [2.05, 4.69) is 11.8 Å².